The van der Waals surface area contributed by atoms with E-state index >= 15 is 0 Å². The fourth-order valence-corrected chi connectivity index (χ4v) is 2.70. The van der Waals surface area contributed by atoms with Gasteiger partial charge < -0.3 is 10.2 Å². The molecule has 0 aliphatic rings. The van der Waals surface area contributed by atoms with Gasteiger partial charge in [-0.05, 0) is 59.7 Å². The van der Waals surface area contributed by atoms with Gasteiger partial charge in [0.1, 0.15) is 11.3 Å². The second-order valence-electron chi connectivity index (χ2n) is 4.54. The largest absolute Gasteiger partial charge is 0.506 e. The summed E-state index contributed by atoms with van der Waals surface area (Å²) in [5.41, 5.74) is 3.93. The number of halogens is 1. The van der Waals surface area contributed by atoms with Crippen molar-refractivity contribution < 1.29 is 15.0 Å². The zero-order valence-electron chi connectivity index (χ0n) is 10.6. The molecule has 0 saturated heterocycles. The topological polar surface area (TPSA) is 57.5 Å². The van der Waals surface area contributed by atoms with E-state index in [2.05, 4.69) is 6.07 Å². The Morgan fingerprint density at radius 3 is 2.05 bits per heavy atom. The Hall–Kier alpha value is -1.56. The first kappa shape index (κ1) is 13.9. The van der Waals surface area contributed by atoms with Crippen molar-refractivity contribution >= 4 is 28.6 Å². The summed E-state index contributed by atoms with van der Waals surface area (Å²) in [5, 5.41) is 18.9. The van der Waals surface area contributed by atoms with Crippen LogP contribution in [0.2, 0.25) is 0 Å². The number of carbonyl (C=O) groups is 1. The molecule has 3 nitrogen and oxygen atoms in total. The third-order valence-electron chi connectivity index (χ3n) is 2.85. The van der Waals surface area contributed by atoms with Gasteiger partial charge in [0.05, 0.1) is 3.57 Å². The molecule has 0 aliphatic carbocycles. The molecule has 2 aromatic rings. The molecule has 0 bridgehead atoms. The number of aromatic hydroxyl groups is 1. The molecule has 2 rings (SSSR count). The summed E-state index contributed by atoms with van der Waals surface area (Å²) in [7, 11) is 0. The molecule has 98 valence electrons. The van der Waals surface area contributed by atoms with E-state index in [-0.39, 0.29) is 11.3 Å². The lowest BCUT2D eigenvalue weighted by atomic mass is 9.99. The van der Waals surface area contributed by atoms with Crippen LogP contribution < -0.4 is 0 Å². The number of aromatic carboxylic acids is 1. The van der Waals surface area contributed by atoms with Gasteiger partial charge in [-0.3, -0.25) is 0 Å². The van der Waals surface area contributed by atoms with Gasteiger partial charge in [0.15, 0.2) is 0 Å². The van der Waals surface area contributed by atoms with Gasteiger partial charge in [-0.2, -0.15) is 0 Å². The van der Waals surface area contributed by atoms with E-state index in [9.17, 15) is 9.90 Å². The molecule has 0 fully saturated rings. The normalized spacial score (nSPS) is 10.5. The minimum Gasteiger partial charge on any atom is -0.506 e. The van der Waals surface area contributed by atoms with E-state index < -0.39 is 5.97 Å². The molecule has 0 radical (unpaired) electrons. The molecule has 0 aliphatic heterocycles. The fraction of sp³-hybridized carbons (Fsp3) is 0.133. The predicted octanol–water partition coefficient (Wildman–Crippen LogP) is 3.98. The summed E-state index contributed by atoms with van der Waals surface area (Å²) < 4.78 is 0.534. The van der Waals surface area contributed by atoms with E-state index in [1.54, 1.807) is 6.07 Å². The van der Waals surface area contributed by atoms with Crippen LogP contribution in [-0.4, -0.2) is 16.2 Å². The minimum atomic E-state index is -1.12. The summed E-state index contributed by atoms with van der Waals surface area (Å²) in [6.45, 7) is 4.00. The molecular weight excluding hydrogens is 355 g/mol. The summed E-state index contributed by atoms with van der Waals surface area (Å²) in [6, 6.07) is 9.36. The Morgan fingerprint density at radius 2 is 1.53 bits per heavy atom. The van der Waals surface area contributed by atoms with Crippen LogP contribution in [-0.2, 0) is 0 Å². The van der Waals surface area contributed by atoms with Crippen molar-refractivity contribution in [3.8, 4) is 16.9 Å². The lowest BCUT2D eigenvalue weighted by Crippen LogP contribution is -1.99. The van der Waals surface area contributed by atoms with Crippen LogP contribution in [0, 0.1) is 17.4 Å². The maximum atomic E-state index is 11.1. The van der Waals surface area contributed by atoms with Crippen LogP contribution in [0.5, 0.6) is 5.75 Å². The first-order valence-electron chi connectivity index (χ1n) is 5.73. The molecule has 0 amide bonds. The Morgan fingerprint density at radius 1 is 1.00 bits per heavy atom. The van der Waals surface area contributed by atoms with Crippen LogP contribution in [0.1, 0.15) is 21.5 Å². The highest BCUT2D eigenvalue weighted by Gasteiger charge is 2.15. The molecule has 0 aromatic heterocycles. The highest BCUT2D eigenvalue weighted by atomic mass is 127. The number of hydrogen-bond donors (Lipinski definition) is 2. The Kier molecular flexibility index (Phi) is 3.80. The first-order chi connectivity index (χ1) is 8.88. The smallest absolute Gasteiger partial charge is 0.339 e. The van der Waals surface area contributed by atoms with Crippen molar-refractivity contribution in [2.75, 3.05) is 0 Å². The molecule has 0 spiro atoms. The number of rotatable bonds is 2. The van der Waals surface area contributed by atoms with Gasteiger partial charge in [0.2, 0.25) is 0 Å². The quantitative estimate of drug-likeness (QED) is 0.789. The second kappa shape index (κ2) is 5.21. The van der Waals surface area contributed by atoms with Crippen LogP contribution in [0.4, 0.5) is 0 Å². The number of benzene rings is 2. The second-order valence-corrected chi connectivity index (χ2v) is 5.70. The zero-order chi connectivity index (χ0) is 14.2. The maximum Gasteiger partial charge on any atom is 0.339 e. The number of phenols is 1. The number of carboxylic acids is 1. The van der Waals surface area contributed by atoms with Crippen molar-refractivity contribution in [1.82, 2.24) is 0 Å². The Labute approximate surface area is 125 Å². The van der Waals surface area contributed by atoms with Gasteiger partial charge in [-0.15, -0.1) is 0 Å². The predicted molar refractivity (Wildman–Crippen MR) is 82.7 cm³/mol. The molecule has 4 heteroatoms. The van der Waals surface area contributed by atoms with E-state index in [1.807, 2.05) is 48.6 Å². The Bertz CT molecular complexity index is 642. The van der Waals surface area contributed by atoms with Gasteiger partial charge in [-0.25, -0.2) is 4.79 Å². The summed E-state index contributed by atoms with van der Waals surface area (Å²) in [6.07, 6.45) is 0. The molecule has 0 heterocycles. The van der Waals surface area contributed by atoms with E-state index in [0.717, 1.165) is 22.3 Å². The molecule has 0 unspecified atom stereocenters. The first-order valence-corrected chi connectivity index (χ1v) is 6.81. The standard InChI is InChI=1S/C15H13IO3/c1-8-3-9(2)5-10(4-8)11-6-12(15(18)19)14(17)13(16)7-11/h3-7,17H,1-2H3,(H,18,19). The number of carboxylic acid groups (broad SMARTS) is 1. The number of hydrogen-bond acceptors (Lipinski definition) is 2. The van der Waals surface area contributed by atoms with Crippen LogP contribution in [0.25, 0.3) is 11.1 Å². The average molecular weight is 368 g/mol. The molecule has 2 aromatic carbocycles. The fourth-order valence-electron chi connectivity index (χ4n) is 2.07. The highest BCUT2D eigenvalue weighted by Crippen LogP contribution is 2.32. The van der Waals surface area contributed by atoms with E-state index in [4.69, 9.17) is 5.11 Å². The van der Waals surface area contributed by atoms with Crippen molar-refractivity contribution in [1.29, 1.82) is 0 Å². The highest BCUT2D eigenvalue weighted by molar-refractivity contribution is 14.1. The summed E-state index contributed by atoms with van der Waals surface area (Å²) in [5.74, 6) is -1.30. The SMILES string of the molecule is Cc1cc(C)cc(-c2cc(I)c(O)c(C(=O)O)c2)c1. The monoisotopic (exact) mass is 368 g/mol. The van der Waals surface area contributed by atoms with Gasteiger partial charge >= 0.3 is 5.97 Å². The third kappa shape index (κ3) is 2.89. The lowest BCUT2D eigenvalue weighted by Gasteiger charge is -2.09. The summed E-state index contributed by atoms with van der Waals surface area (Å²) in [4.78, 5) is 11.1. The van der Waals surface area contributed by atoms with E-state index in [0.29, 0.717) is 3.57 Å². The number of aryl methyl sites for hydroxylation is 2. The van der Waals surface area contributed by atoms with Crippen molar-refractivity contribution in [3.63, 3.8) is 0 Å². The van der Waals surface area contributed by atoms with Gasteiger partial charge in [0, 0.05) is 0 Å². The average Bonchev–Trinajstić information content (AvgIpc) is 2.30. The van der Waals surface area contributed by atoms with Crippen molar-refractivity contribution in [3.05, 3.63) is 50.6 Å². The lowest BCUT2D eigenvalue weighted by molar-refractivity contribution is 0.0693. The molecule has 0 saturated carbocycles. The van der Waals surface area contributed by atoms with Crippen molar-refractivity contribution in [2.24, 2.45) is 0 Å². The molecule has 0 atom stereocenters. The minimum absolute atomic E-state index is 0.0685. The van der Waals surface area contributed by atoms with Gasteiger partial charge in [-0.1, -0.05) is 29.3 Å². The molecule has 2 N–H and O–H groups in total. The van der Waals surface area contributed by atoms with Crippen LogP contribution in [0.15, 0.2) is 30.3 Å². The zero-order valence-corrected chi connectivity index (χ0v) is 12.7. The van der Waals surface area contributed by atoms with Crippen LogP contribution >= 0.6 is 22.6 Å². The molecule has 19 heavy (non-hydrogen) atoms. The van der Waals surface area contributed by atoms with Gasteiger partial charge in [0.25, 0.3) is 0 Å². The van der Waals surface area contributed by atoms with Crippen molar-refractivity contribution in [2.45, 2.75) is 13.8 Å². The third-order valence-corrected chi connectivity index (χ3v) is 3.67. The summed E-state index contributed by atoms with van der Waals surface area (Å²) >= 11 is 1.94. The maximum absolute atomic E-state index is 11.1. The van der Waals surface area contributed by atoms with Crippen LogP contribution in [0.3, 0.4) is 0 Å². The molecular formula is C15H13IO3. The van der Waals surface area contributed by atoms with E-state index in [1.165, 1.54) is 6.07 Å². The Balaban J connectivity index is 2.66.